The number of benzene rings is 2. The summed E-state index contributed by atoms with van der Waals surface area (Å²) in [4.78, 5) is 0. The van der Waals surface area contributed by atoms with Crippen LogP contribution in [-0.4, -0.2) is 11.6 Å². The second-order valence-electron chi connectivity index (χ2n) is 7.35. The Morgan fingerprint density at radius 3 is 2.71 bits per heavy atom. The highest BCUT2D eigenvalue weighted by Gasteiger charge is 2.22. The molecule has 0 aliphatic carbocycles. The van der Waals surface area contributed by atoms with Gasteiger partial charge in [0.05, 0.1) is 6.10 Å². The zero-order valence-electron chi connectivity index (χ0n) is 14.6. The number of ether oxygens (including phenoxy) is 2. The standard InChI is InChI=1S/C21H27NO2/c1-21(2,22)13-12-18-10-8-17-9-11-19(14-20(17)24-18)23-15-16-6-4-3-5-7-16/h3-7,9,11,14,18H,8,10,12-13,15,22H2,1-2H3/t18-/m1/s1. The molecule has 2 aromatic rings. The minimum Gasteiger partial charge on any atom is -0.490 e. The molecule has 1 aliphatic heterocycles. The first-order chi connectivity index (χ1) is 11.5. The summed E-state index contributed by atoms with van der Waals surface area (Å²) in [6.45, 7) is 4.71. The average molecular weight is 325 g/mol. The molecule has 3 nitrogen and oxygen atoms in total. The number of nitrogens with two attached hydrogens (primary N) is 1. The van der Waals surface area contributed by atoms with Crippen LogP contribution in [0.1, 0.15) is 44.2 Å². The van der Waals surface area contributed by atoms with Gasteiger partial charge in [0.15, 0.2) is 0 Å². The molecule has 2 aromatic carbocycles. The molecule has 3 heteroatoms. The molecule has 0 saturated carbocycles. The van der Waals surface area contributed by atoms with E-state index in [1.807, 2.05) is 30.3 Å². The summed E-state index contributed by atoms with van der Waals surface area (Å²) >= 11 is 0. The molecule has 0 amide bonds. The van der Waals surface area contributed by atoms with Crippen molar-refractivity contribution in [3.05, 3.63) is 59.7 Å². The van der Waals surface area contributed by atoms with Crippen molar-refractivity contribution in [2.75, 3.05) is 0 Å². The fraction of sp³-hybridized carbons (Fsp3) is 0.429. The Morgan fingerprint density at radius 2 is 1.96 bits per heavy atom. The summed E-state index contributed by atoms with van der Waals surface area (Å²) < 4.78 is 12.1. The largest absolute Gasteiger partial charge is 0.490 e. The van der Waals surface area contributed by atoms with Crippen LogP contribution >= 0.6 is 0 Å². The molecule has 0 bridgehead atoms. The predicted molar refractivity (Wildman–Crippen MR) is 97.5 cm³/mol. The number of hydrogen-bond acceptors (Lipinski definition) is 3. The first-order valence-electron chi connectivity index (χ1n) is 8.75. The molecule has 0 aromatic heterocycles. The van der Waals surface area contributed by atoms with Gasteiger partial charge in [-0.1, -0.05) is 36.4 Å². The fourth-order valence-corrected chi connectivity index (χ4v) is 2.97. The molecule has 3 rings (SSSR count). The van der Waals surface area contributed by atoms with E-state index in [-0.39, 0.29) is 11.6 Å². The highest BCUT2D eigenvalue weighted by Crippen LogP contribution is 2.33. The lowest BCUT2D eigenvalue weighted by Crippen LogP contribution is -2.34. The normalized spacial score (nSPS) is 17.0. The van der Waals surface area contributed by atoms with Crippen LogP contribution in [0.4, 0.5) is 0 Å². The van der Waals surface area contributed by atoms with E-state index in [1.165, 1.54) is 11.1 Å². The first-order valence-corrected chi connectivity index (χ1v) is 8.75. The Balaban J connectivity index is 1.60. The summed E-state index contributed by atoms with van der Waals surface area (Å²) in [5.74, 6) is 1.82. The van der Waals surface area contributed by atoms with Crippen molar-refractivity contribution in [1.29, 1.82) is 0 Å². The van der Waals surface area contributed by atoms with Gasteiger partial charge in [-0.2, -0.15) is 0 Å². The Kier molecular flexibility index (Phi) is 5.10. The maximum absolute atomic E-state index is 6.18. The van der Waals surface area contributed by atoms with E-state index >= 15 is 0 Å². The van der Waals surface area contributed by atoms with Gasteiger partial charge in [0.2, 0.25) is 0 Å². The van der Waals surface area contributed by atoms with E-state index < -0.39 is 0 Å². The molecule has 0 fully saturated rings. The third-order valence-corrected chi connectivity index (χ3v) is 4.43. The van der Waals surface area contributed by atoms with Crippen molar-refractivity contribution in [3.8, 4) is 11.5 Å². The second-order valence-corrected chi connectivity index (χ2v) is 7.35. The van der Waals surface area contributed by atoms with Crippen LogP contribution in [0.25, 0.3) is 0 Å². The van der Waals surface area contributed by atoms with E-state index in [1.54, 1.807) is 0 Å². The number of aryl methyl sites for hydroxylation is 1. The molecule has 0 unspecified atom stereocenters. The lowest BCUT2D eigenvalue weighted by Gasteiger charge is -2.29. The number of rotatable bonds is 6. The van der Waals surface area contributed by atoms with Gasteiger partial charge in [0.1, 0.15) is 18.1 Å². The SMILES string of the molecule is CC(C)(N)CC[C@H]1CCc2ccc(OCc3ccccc3)cc2O1. The molecule has 1 heterocycles. The summed E-state index contributed by atoms with van der Waals surface area (Å²) in [6, 6.07) is 16.4. The molecular formula is C21H27NO2. The van der Waals surface area contributed by atoms with Crippen molar-refractivity contribution < 1.29 is 9.47 Å². The molecule has 0 spiro atoms. The predicted octanol–water partition coefficient (Wildman–Crippen LogP) is 4.48. The molecule has 0 radical (unpaired) electrons. The summed E-state index contributed by atoms with van der Waals surface area (Å²) in [6.07, 6.45) is 4.34. The van der Waals surface area contributed by atoms with Crippen molar-refractivity contribution in [1.82, 2.24) is 0 Å². The third kappa shape index (κ3) is 4.75. The lowest BCUT2D eigenvalue weighted by molar-refractivity contribution is 0.152. The van der Waals surface area contributed by atoms with Crippen molar-refractivity contribution in [3.63, 3.8) is 0 Å². The first kappa shape index (κ1) is 16.8. The fourth-order valence-electron chi connectivity index (χ4n) is 2.97. The summed E-state index contributed by atoms with van der Waals surface area (Å²) in [5, 5.41) is 0. The second kappa shape index (κ2) is 7.27. The van der Waals surface area contributed by atoms with E-state index in [9.17, 15) is 0 Å². The van der Waals surface area contributed by atoms with Gasteiger partial charge in [-0.3, -0.25) is 0 Å². The third-order valence-electron chi connectivity index (χ3n) is 4.43. The summed E-state index contributed by atoms with van der Waals surface area (Å²) in [5.41, 5.74) is 8.39. The number of hydrogen-bond donors (Lipinski definition) is 1. The quantitative estimate of drug-likeness (QED) is 0.852. The van der Waals surface area contributed by atoms with Crippen molar-refractivity contribution in [2.45, 2.75) is 57.8 Å². The van der Waals surface area contributed by atoms with Crippen LogP contribution < -0.4 is 15.2 Å². The molecule has 1 atom stereocenters. The van der Waals surface area contributed by atoms with Crippen molar-refractivity contribution >= 4 is 0 Å². The minimum atomic E-state index is -0.135. The zero-order chi connectivity index (χ0) is 17.0. The molecule has 24 heavy (non-hydrogen) atoms. The van der Waals surface area contributed by atoms with E-state index in [2.05, 4.69) is 32.0 Å². The maximum atomic E-state index is 6.18. The molecule has 2 N–H and O–H groups in total. The van der Waals surface area contributed by atoms with E-state index in [0.29, 0.717) is 6.61 Å². The number of fused-ring (bicyclic) bond motifs is 1. The zero-order valence-corrected chi connectivity index (χ0v) is 14.6. The molecular weight excluding hydrogens is 298 g/mol. The molecule has 0 saturated heterocycles. The van der Waals surface area contributed by atoms with Gasteiger partial charge in [0.25, 0.3) is 0 Å². The minimum absolute atomic E-state index is 0.135. The smallest absolute Gasteiger partial charge is 0.126 e. The van der Waals surface area contributed by atoms with Crippen LogP contribution in [0, 0.1) is 0 Å². The lowest BCUT2D eigenvalue weighted by atomic mass is 9.93. The van der Waals surface area contributed by atoms with Crippen LogP contribution in [0.2, 0.25) is 0 Å². The Labute approximate surface area is 144 Å². The maximum Gasteiger partial charge on any atom is 0.126 e. The monoisotopic (exact) mass is 325 g/mol. The highest BCUT2D eigenvalue weighted by molar-refractivity contribution is 5.42. The Morgan fingerprint density at radius 1 is 1.17 bits per heavy atom. The Hall–Kier alpha value is -2.00. The van der Waals surface area contributed by atoms with Gasteiger partial charge in [-0.05, 0) is 56.7 Å². The van der Waals surface area contributed by atoms with Gasteiger partial charge in [-0.25, -0.2) is 0 Å². The summed E-state index contributed by atoms with van der Waals surface area (Å²) in [7, 11) is 0. The highest BCUT2D eigenvalue weighted by atomic mass is 16.5. The van der Waals surface area contributed by atoms with Crippen molar-refractivity contribution in [2.24, 2.45) is 5.73 Å². The van der Waals surface area contributed by atoms with Crippen LogP contribution in [0.15, 0.2) is 48.5 Å². The van der Waals surface area contributed by atoms with Crippen LogP contribution in [0.3, 0.4) is 0 Å². The van der Waals surface area contributed by atoms with Gasteiger partial charge < -0.3 is 15.2 Å². The van der Waals surface area contributed by atoms with Crippen LogP contribution in [-0.2, 0) is 13.0 Å². The molecule has 1 aliphatic rings. The van der Waals surface area contributed by atoms with Gasteiger partial charge >= 0.3 is 0 Å². The van der Waals surface area contributed by atoms with Gasteiger partial charge in [-0.15, -0.1) is 0 Å². The average Bonchev–Trinajstić information content (AvgIpc) is 2.58. The van der Waals surface area contributed by atoms with Gasteiger partial charge in [0, 0.05) is 11.6 Å². The van der Waals surface area contributed by atoms with E-state index in [0.717, 1.165) is 37.2 Å². The Bertz CT molecular complexity index is 661. The van der Waals surface area contributed by atoms with Crippen LogP contribution in [0.5, 0.6) is 11.5 Å². The van der Waals surface area contributed by atoms with E-state index in [4.69, 9.17) is 15.2 Å². The molecule has 128 valence electrons. The topological polar surface area (TPSA) is 44.5 Å².